The first kappa shape index (κ1) is 19.4. The van der Waals surface area contributed by atoms with Crippen LogP contribution in [-0.4, -0.2) is 28.4 Å². The number of aliphatic hydroxyl groups is 1. The average Bonchev–Trinajstić information content (AvgIpc) is 3.40. The zero-order chi connectivity index (χ0) is 21.1. The van der Waals surface area contributed by atoms with E-state index in [0.29, 0.717) is 29.5 Å². The maximum absolute atomic E-state index is 12.9. The summed E-state index contributed by atoms with van der Waals surface area (Å²) in [4.78, 5) is 31.2. The summed E-state index contributed by atoms with van der Waals surface area (Å²) < 4.78 is 11.1. The lowest BCUT2D eigenvalue weighted by atomic mass is 9.99. The van der Waals surface area contributed by atoms with E-state index in [1.165, 1.54) is 17.4 Å². The van der Waals surface area contributed by atoms with Crippen molar-refractivity contribution in [3.63, 3.8) is 0 Å². The van der Waals surface area contributed by atoms with E-state index in [-0.39, 0.29) is 11.3 Å². The number of rotatable bonds is 6. The Kier molecular flexibility index (Phi) is 5.34. The minimum atomic E-state index is -0.925. The molecule has 3 heterocycles. The van der Waals surface area contributed by atoms with Crippen LogP contribution in [0.4, 0.5) is 5.82 Å². The molecule has 1 unspecified atom stereocenters. The number of ether oxygens (including phenoxy) is 1. The fourth-order valence-electron chi connectivity index (χ4n) is 3.37. The molecule has 1 saturated heterocycles. The predicted octanol–water partition coefficient (Wildman–Crippen LogP) is 4.09. The molecule has 3 aromatic rings. The highest BCUT2D eigenvalue weighted by Gasteiger charge is 2.48. The van der Waals surface area contributed by atoms with E-state index in [9.17, 15) is 14.7 Å². The lowest BCUT2D eigenvalue weighted by Crippen LogP contribution is -2.30. The molecular formula is C23H20N2O5. The van der Waals surface area contributed by atoms with Gasteiger partial charge in [-0.1, -0.05) is 13.0 Å². The summed E-state index contributed by atoms with van der Waals surface area (Å²) in [7, 11) is 0. The molecule has 7 nitrogen and oxygen atoms in total. The standard InChI is InChI=1S/C23H20N2O5/c1-2-13-29-16-10-8-15(9-11-16)21(26)19-20(17-6-5-14-30-17)25(23(28)22(19)27)18-7-3-4-12-24-18/h3-12,14,20,26H,2,13H2,1H3. The van der Waals surface area contributed by atoms with Crippen molar-refractivity contribution in [2.24, 2.45) is 0 Å². The number of aromatic nitrogens is 1. The second-order valence-electron chi connectivity index (χ2n) is 6.75. The van der Waals surface area contributed by atoms with Crippen LogP contribution in [0.1, 0.15) is 30.7 Å². The molecule has 1 aromatic carbocycles. The molecule has 1 amide bonds. The minimum Gasteiger partial charge on any atom is -0.507 e. The Labute approximate surface area is 173 Å². The SMILES string of the molecule is CCCOc1ccc(C(O)=C2C(=O)C(=O)N(c3ccccn3)C2c2ccco2)cc1. The van der Waals surface area contributed by atoms with E-state index in [4.69, 9.17) is 9.15 Å². The number of Topliss-reactive ketones (excluding diaryl/α,β-unsaturated/α-hetero) is 1. The normalized spacial score (nSPS) is 18.0. The molecule has 30 heavy (non-hydrogen) atoms. The fraction of sp³-hybridized carbons (Fsp3) is 0.174. The van der Waals surface area contributed by atoms with Crippen molar-refractivity contribution in [3.05, 3.63) is 84.0 Å². The first-order valence-electron chi connectivity index (χ1n) is 9.60. The van der Waals surface area contributed by atoms with E-state index in [1.54, 1.807) is 54.6 Å². The van der Waals surface area contributed by atoms with Gasteiger partial charge in [-0.25, -0.2) is 4.98 Å². The monoisotopic (exact) mass is 404 g/mol. The van der Waals surface area contributed by atoms with E-state index in [0.717, 1.165) is 6.42 Å². The van der Waals surface area contributed by atoms with Crippen LogP contribution >= 0.6 is 0 Å². The number of aliphatic hydroxyl groups excluding tert-OH is 1. The van der Waals surface area contributed by atoms with Crippen molar-refractivity contribution in [2.75, 3.05) is 11.5 Å². The lowest BCUT2D eigenvalue weighted by molar-refractivity contribution is -0.132. The van der Waals surface area contributed by atoms with Crippen molar-refractivity contribution in [3.8, 4) is 5.75 Å². The van der Waals surface area contributed by atoms with Crippen LogP contribution < -0.4 is 9.64 Å². The van der Waals surface area contributed by atoms with Gasteiger partial charge in [0.05, 0.1) is 18.4 Å². The highest BCUT2D eigenvalue weighted by atomic mass is 16.5. The topological polar surface area (TPSA) is 92.9 Å². The number of ketones is 1. The van der Waals surface area contributed by atoms with Crippen LogP contribution in [0.25, 0.3) is 5.76 Å². The average molecular weight is 404 g/mol. The van der Waals surface area contributed by atoms with Gasteiger partial charge in [0.1, 0.15) is 29.1 Å². The molecular weight excluding hydrogens is 384 g/mol. The predicted molar refractivity (Wildman–Crippen MR) is 110 cm³/mol. The maximum atomic E-state index is 12.9. The molecule has 1 atom stereocenters. The number of anilines is 1. The molecule has 7 heteroatoms. The van der Waals surface area contributed by atoms with Crippen LogP contribution in [0.2, 0.25) is 0 Å². The van der Waals surface area contributed by atoms with Gasteiger partial charge in [0.2, 0.25) is 0 Å². The van der Waals surface area contributed by atoms with E-state index in [2.05, 4.69) is 4.98 Å². The van der Waals surface area contributed by atoms with Crippen molar-refractivity contribution >= 4 is 23.3 Å². The molecule has 152 valence electrons. The quantitative estimate of drug-likeness (QED) is 0.378. The number of benzene rings is 1. The Balaban J connectivity index is 1.80. The smallest absolute Gasteiger partial charge is 0.301 e. The van der Waals surface area contributed by atoms with Crippen molar-refractivity contribution in [2.45, 2.75) is 19.4 Å². The molecule has 0 bridgehead atoms. The molecule has 2 aromatic heterocycles. The van der Waals surface area contributed by atoms with Crippen molar-refractivity contribution in [1.29, 1.82) is 0 Å². The largest absolute Gasteiger partial charge is 0.507 e. The van der Waals surface area contributed by atoms with Crippen LogP contribution in [-0.2, 0) is 9.59 Å². The summed E-state index contributed by atoms with van der Waals surface area (Å²) >= 11 is 0. The summed E-state index contributed by atoms with van der Waals surface area (Å²) in [5.74, 6) is -0.557. The second-order valence-corrected chi connectivity index (χ2v) is 6.75. The van der Waals surface area contributed by atoms with E-state index >= 15 is 0 Å². The molecule has 1 aliphatic heterocycles. The Morgan fingerprint density at radius 2 is 1.93 bits per heavy atom. The highest BCUT2D eigenvalue weighted by Crippen LogP contribution is 2.41. The van der Waals surface area contributed by atoms with E-state index in [1.807, 2.05) is 6.92 Å². The van der Waals surface area contributed by atoms with Gasteiger partial charge >= 0.3 is 5.91 Å². The third-order valence-electron chi connectivity index (χ3n) is 4.75. The molecule has 0 spiro atoms. The number of nitrogens with zero attached hydrogens (tertiary/aromatic N) is 2. The lowest BCUT2D eigenvalue weighted by Gasteiger charge is -2.22. The Morgan fingerprint density at radius 1 is 1.13 bits per heavy atom. The summed E-state index contributed by atoms with van der Waals surface area (Å²) in [6.07, 6.45) is 3.86. The highest BCUT2D eigenvalue weighted by molar-refractivity contribution is 6.51. The molecule has 0 radical (unpaired) electrons. The van der Waals surface area contributed by atoms with Gasteiger partial charge in [-0.15, -0.1) is 0 Å². The number of carbonyl (C=O) groups excluding carboxylic acids is 2. The minimum absolute atomic E-state index is 0.0529. The Hall–Kier alpha value is -3.87. The zero-order valence-corrected chi connectivity index (χ0v) is 16.3. The van der Waals surface area contributed by atoms with E-state index < -0.39 is 17.7 Å². The van der Waals surface area contributed by atoms with Crippen molar-refractivity contribution in [1.82, 2.24) is 4.98 Å². The summed E-state index contributed by atoms with van der Waals surface area (Å²) in [5, 5.41) is 11.0. The number of carbonyl (C=O) groups is 2. The van der Waals surface area contributed by atoms with Crippen molar-refractivity contribution < 1.29 is 23.8 Å². The van der Waals surface area contributed by atoms with Gasteiger partial charge < -0.3 is 14.3 Å². The fourth-order valence-corrected chi connectivity index (χ4v) is 3.37. The van der Waals surface area contributed by atoms with Crippen LogP contribution in [0, 0.1) is 0 Å². The molecule has 1 aliphatic rings. The zero-order valence-electron chi connectivity index (χ0n) is 16.3. The molecule has 1 fully saturated rings. The van der Waals surface area contributed by atoms with Gasteiger partial charge in [-0.3, -0.25) is 14.5 Å². The third kappa shape index (κ3) is 3.45. The molecule has 0 saturated carbocycles. The maximum Gasteiger partial charge on any atom is 0.301 e. The van der Waals surface area contributed by atoms with Crippen LogP contribution in [0.3, 0.4) is 0 Å². The van der Waals surface area contributed by atoms with Crippen LogP contribution in [0.5, 0.6) is 5.75 Å². The first-order chi connectivity index (χ1) is 14.6. The van der Waals surface area contributed by atoms with Gasteiger partial charge in [-0.05, 0) is 55.0 Å². The molecule has 0 aliphatic carbocycles. The van der Waals surface area contributed by atoms with Gasteiger partial charge in [0.25, 0.3) is 5.78 Å². The number of furan rings is 1. The Morgan fingerprint density at radius 3 is 2.57 bits per heavy atom. The second kappa shape index (κ2) is 8.24. The third-order valence-corrected chi connectivity index (χ3v) is 4.75. The Bertz CT molecular complexity index is 1070. The first-order valence-corrected chi connectivity index (χ1v) is 9.60. The number of pyridine rings is 1. The number of amides is 1. The van der Waals surface area contributed by atoms with Gasteiger partial charge in [0.15, 0.2) is 0 Å². The number of hydrogen-bond donors (Lipinski definition) is 1. The molecule has 4 rings (SSSR count). The van der Waals surface area contributed by atoms with Gasteiger partial charge in [-0.2, -0.15) is 0 Å². The van der Waals surface area contributed by atoms with Crippen LogP contribution in [0.15, 0.2) is 77.0 Å². The van der Waals surface area contributed by atoms with Gasteiger partial charge in [0, 0.05) is 11.8 Å². The summed E-state index contributed by atoms with van der Waals surface area (Å²) in [5.41, 5.74) is 0.345. The summed E-state index contributed by atoms with van der Waals surface area (Å²) in [6, 6.07) is 14.2. The molecule has 1 N–H and O–H groups in total. The number of hydrogen-bond acceptors (Lipinski definition) is 6. The summed E-state index contributed by atoms with van der Waals surface area (Å²) in [6.45, 7) is 2.59.